The highest BCUT2D eigenvalue weighted by Crippen LogP contribution is 2.27. The number of benzene rings is 1. The Hall–Kier alpha value is -2.08. The lowest BCUT2D eigenvalue weighted by Crippen LogP contribution is -2.44. The average Bonchev–Trinajstić information content (AvgIpc) is 2.91. The van der Waals surface area contributed by atoms with Crippen LogP contribution in [-0.4, -0.2) is 43.5 Å². The van der Waals surface area contributed by atoms with E-state index in [4.69, 9.17) is 15.7 Å². The molecule has 7 nitrogen and oxygen atoms in total. The van der Waals surface area contributed by atoms with E-state index in [-0.39, 0.29) is 24.6 Å². The van der Waals surface area contributed by atoms with Gasteiger partial charge in [0.05, 0.1) is 19.2 Å². The molecular formula is C13H14N4O3S. The standard InChI is InChI=1S/C13H14N4O3S/c14-6-10-8-17(3-4-20-10)21(18,19)13-7-16-12-5-9(15)1-2-11(12)13/h1-2,5,7,10,16H,3-4,8,15H2. The van der Waals surface area contributed by atoms with Crippen molar-refractivity contribution in [3.05, 3.63) is 24.4 Å². The number of aromatic nitrogens is 1. The smallest absolute Gasteiger partial charge is 0.245 e. The fourth-order valence-electron chi connectivity index (χ4n) is 2.39. The van der Waals surface area contributed by atoms with Gasteiger partial charge in [0.2, 0.25) is 10.0 Å². The Morgan fingerprint density at radius 1 is 1.48 bits per heavy atom. The number of morpholine rings is 1. The zero-order valence-corrected chi connectivity index (χ0v) is 11.9. The van der Waals surface area contributed by atoms with Crippen molar-refractivity contribution in [1.29, 1.82) is 5.26 Å². The summed E-state index contributed by atoms with van der Waals surface area (Å²) in [5, 5.41) is 9.48. The minimum absolute atomic E-state index is 0.0421. The number of anilines is 1. The first-order valence-corrected chi connectivity index (χ1v) is 7.84. The molecule has 3 rings (SSSR count). The minimum atomic E-state index is -3.67. The Morgan fingerprint density at radius 2 is 2.29 bits per heavy atom. The van der Waals surface area contributed by atoms with Crippen LogP contribution in [0.4, 0.5) is 5.69 Å². The van der Waals surface area contributed by atoms with Gasteiger partial charge in [-0.2, -0.15) is 9.57 Å². The molecule has 3 N–H and O–H groups in total. The van der Waals surface area contributed by atoms with Gasteiger partial charge in [0.15, 0.2) is 6.10 Å². The predicted molar refractivity (Wildman–Crippen MR) is 76.8 cm³/mol. The van der Waals surface area contributed by atoms with E-state index < -0.39 is 16.1 Å². The van der Waals surface area contributed by atoms with Gasteiger partial charge >= 0.3 is 0 Å². The number of nitrogens with zero attached hydrogens (tertiary/aromatic N) is 2. The summed E-state index contributed by atoms with van der Waals surface area (Å²) in [7, 11) is -3.67. The minimum Gasteiger partial charge on any atom is -0.399 e. The zero-order chi connectivity index (χ0) is 15.0. The summed E-state index contributed by atoms with van der Waals surface area (Å²) >= 11 is 0. The maximum Gasteiger partial charge on any atom is 0.245 e. The number of sulfonamides is 1. The van der Waals surface area contributed by atoms with Crippen LogP contribution in [-0.2, 0) is 14.8 Å². The molecule has 1 aromatic carbocycles. The summed E-state index contributed by atoms with van der Waals surface area (Å²) in [5.74, 6) is 0. The second-order valence-electron chi connectivity index (χ2n) is 4.81. The zero-order valence-electron chi connectivity index (χ0n) is 11.1. The Kier molecular flexibility index (Phi) is 3.33. The fraction of sp³-hybridized carbons (Fsp3) is 0.308. The molecule has 0 spiro atoms. The van der Waals surface area contributed by atoms with Crippen LogP contribution in [0.2, 0.25) is 0 Å². The van der Waals surface area contributed by atoms with Crippen molar-refractivity contribution in [1.82, 2.24) is 9.29 Å². The van der Waals surface area contributed by atoms with Crippen LogP contribution in [0.1, 0.15) is 0 Å². The monoisotopic (exact) mass is 306 g/mol. The third-order valence-electron chi connectivity index (χ3n) is 3.46. The van der Waals surface area contributed by atoms with Crippen LogP contribution in [0.15, 0.2) is 29.3 Å². The Balaban J connectivity index is 2.02. The molecule has 1 unspecified atom stereocenters. The Bertz CT molecular complexity index is 822. The molecule has 2 aromatic rings. The Morgan fingerprint density at radius 3 is 3.05 bits per heavy atom. The molecule has 1 saturated heterocycles. The number of nitrogens with one attached hydrogen (secondary N) is 1. The Labute approximate surface area is 122 Å². The number of nitrogens with two attached hydrogens (primary N) is 1. The van der Waals surface area contributed by atoms with Gasteiger partial charge in [-0.1, -0.05) is 0 Å². The number of H-pyrrole nitrogens is 1. The highest BCUT2D eigenvalue weighted by atomic mass is 32.2. The third kappa shape index (κ3) is 2.35. The highest BCUT2D eigenvalue weighted by Gasteiger charge is 2.32. The lowest BCUT2D eigenvalue weighted by molar-refractivity contribution is 0.0311. The van der Waals surface area contributed by atoms with Gasteiger partial charge in [0.1, 0.15) is 4.90 Å². The van der Waals surface area contributed by atoms with Crippen LogP contribution >= 0.6 is 0 Å². The number of rotatable bonds is 2. The second-order valence-corrected chi connectivity index (χ2v) is 6.72. The molecule has 2 heterocycles. The first kappa shape index (κ1) is 13.9. The number of hydrogen-bond donors (Lipinski definition) is 2. The predicted octanol–water partition coefficient (Wildman–Crippen LogP) is 0.663. The molecule has 0 radical (unpaired) electrons. The molecule has 1 aromatic heterocycles. The van der Waals surface area contributed by atoms with E-state index in [0.717, 1.165) is 0 Å². The summed E-state index contributed by atoms with van der Waals surface area (Å²) in [6, 6.07) is 6.97. The van der Waals surface area contributed by atoms with E-state index in [0.29, 0.717) is 16.6 Å². The molecule has 1 aliphatic rings. The lowest BCUT2D eigenvalue weighted by atomic mass is 10.2. The van der Waals surface area contributed by atoms with Crippen LogP contribution in [0.25, 0.3) is 10.9 Å². The molecule has 0 bridgehead atoms. The molecule has 0 saturated carbocycles. The van der Waals surface area contributed by atoms with Gasteiger partial charge in [-0.25, -0.2) is 8.42 Å². The normalized spacial score (nSPS) is 20.4. The van der Waals surface area contributed by atoms with E-state index in [9.17, 15) is 8.42 Å². The molecule has 1 aliphatic heterocycles. The van der Waals surface area contributed by atoms with Gasteiger partial charge in [-0.3, -0.25) is 0 Å². The van der Waals surface area contributed by atoms with Crippen molar-refractivity contribution in [2.45, 2.75) is 11.0 Å². The first-order chi connectivity index (χ1) is 10.0. The summed E-state index contributed by atoms with van der Waals surface area (Å²) in [5.41, 5.74) is 6.91. The van der Waals surface area contributed by atoms with Gasteiger partial charge in [0, 0.05) is 29.3 Å². The van der Waals surface area contributed by atoms with Crippen molar-refractivity contribution < 1.29 is 13.2 Å². The van der Waals surface area contributed by atoms with E-state index in [1.165, 1.54) is 10.5 Å². The molecule has 0 amide bonds. The van der Waals surface area contributed by atoms with Gasteiger partial charge in [-0.15, -0.1) is 0 Å². The molecular weight excluding hydrogens is 292 g/mol. The van der Waals surface area contributed by atoms with E-state index in [1.807, 2.05) is 6.07 Å². The molecule has 1 fully saturated rings. The first-order valence-electron chi connectivity index (χ1n) is 6.40. The van der Waals surface area contributed by atoms with E-state index >= 15 is 0 Å². The van der Waals surface area contributed by atoms with Crippen molar-refractivity contribution in [2.24, 2.45) is 0 Å². The van der Waals surface area contributed by atoms with E-state index in [2.05, 4.69) is 4.98 Å². The second kappa shape index (κ2) is 5.04. The average molecular weight is 306 g/mol. The van der Waals surface area contributed by atoms with Crippen molar-refractivity contribution >= 4 is 26.6 Å². The SMILES string of the molecule is N#CC1CN(S(=O)(=O)c2c[nH]c3cc(N)ccc23)CCO1. The maximum atomic E-state index is 12.7. The number of nitrogen functional groups attached to an aromatic ring is 1. The van der Waals surface area contributed by atoms with Crippen LogP contribution in [0, 0.1) is 11.3 Å². The van der Waals surface area contributed by atoms with Gasteiger partial charge in [-0.05, 0) is 18.2 Å². The number of hydrogen-bond acceptors (Lipinski definition) is 5. The largest absolute Gasteiger partial charge is 0.399 e. The number of fused-ring (bicyclic) bond motifs is 1. The molecule has 110 valence electrons. The topological polar surface area (TPSA) is 112 Å². The molecule has 21 heavy (non-hydrogen) atoms. The van der Waals surface area contributed by atoms with Crippen LogP contribution in [0.3, 0.4) is 0 Å². The number of aromatic amines is 1. The maximum absolute atomic E-state index is 12.7. The number of nitriles is 1. The van der Waals surface area contributed by atoms with Crippen molar-refractivity contribution in [2.75, 3.05) is 25.4 Å². The highest BCUT2D eigenvalue weighted by molar-refractivity contribution is 7.89. The summed E-state index contributed by atoms with van der Waals surface area (Å²) < 4.78 is 31.9. The van der Waals surface area contributed by atoms with Crippen LogP contribution < -0.4 is 5.73 Å². The molecule has 1 atom stereocenters. The van der Waals surface area contributed by atoms with E-state index in [1.54, 1.807) is 18.2 Å². The van der Waals surface area contributed by atoms with Crippen molar-refractivity contribution in [3.63, 3.8) is 0 Å². The number of ether oxygens (including phenoxy) is 1. The quantitative estimate of drug-likeness (QED) is 0.792. The van der Waals surface area contributed by atoms with Gasteiger partial charge < -0.3 is 15.5 Å². The molecule has 0 aliphatic carbocycles. The van der Waals surface area contributed by atoms with Gasteiger partial charge in [0.25, 0.3) is 0 Å². The molecule has 8 heteroatoms. The summed E-state index contributed by atoms with van der Waals surface area (Å²) in [4.78, 5) is 3.11. The fourth-order valence-corrected chi connectivity index (χ4v) is 3.98. The lowest BCUT2D eigenvalue weighted by Gasteiger charge is -2.28. The van der Waals surface area contributed by atoms with Crippen molar-refractivity contribution in [3.8, 4) is 6.07 Å². The summed E-state index contributed by atoms with van der Waals surface area (Å²) in [6.45, 7) is 0.495. The summed E-state index contributed by atoms with van der Waals surface area (Å²) in [6.07, 6.45) is 0.727. The van der Waals surface area contributed by atoms with Crippen LogP contribution in [0.5, 0.6) is 0 Å². The third-order valence-corrected chi connectivity index (χ3v) is 5.36.